The van der Waals surface area contributed by atoms with E-state index in [1.807, 2.05) is 0 Å². The molecule has 5 nitrogen and oxygen atoms in total. The SMILES string of the molecule is NCCc1ccc([N+](=O)[O-])c2cccnc12. The first-order chi connectivity index (χ1) is 7.74. The topological polar surface area (TPSA) is 82.0 Å². The summed E-state index contributed by atoms with van der Waals surface area (Å²) in [6.45, 7) is 0.503. The predicted octanol–water partition coefficient (Wildman–Crippen LogP) is 1.64. The molecule has 2 aromatic rings. The van der Waals surface area contributed by atoms with Gasteiger partial charge in [0.15, 0.2) is 0 Å². The molecule has 2 rings (SSSR count). The number of nitro groups is 1. The number of nitro benzene ring substituents is 1. The van der Waals surface area contributed by atoms with E-state index >= 15 is 0 Å². The van der Waals surface area contributed by atoms with Crippen molar-refractivity contribution in [2.24, 2.45) is 5.73 Å². The quantitative estimate of drug-likeness (QED) is 0.625. The van der Waals surface area contributed by atoms with Crippen LogP contribution >= 0.6 is 0 Å². The second-order valence-corrected chi connectivity index (χ2v) is 3.44. The Kier molecular flexibility index (Phi) is 2.78. The number of benzene rings is 1. The van der Waals surface area contributed by atoms with Crippen LogP contribution in [-0.4, -0.2) is 16.5 Å². The standard InChI is InChI=1S/C11H11N3O2/c12-6-5-8-3-4-10(14(15)16)9-2-1-7-13-11(8)9/h1-4,7H,5-6,12H2. The minimum Gasteiger partial charge on any atom is -0.330 e. The van der Waals surface area contributed by atoms with Crippen LogP contribution < -0.4 is 5.73 Å². The van der Waals surface area contributed by atoms with Gasteiger partial charge in [0, 0.05) is 12.3 Å². The Bertz CT molecular complexity index is 540. The summed E-state index contributed by atoms with van der Waals surface area (Å²) in [6.07, 6.45) is 2.30. The van der Waals surface area contributed by atoms with Gasteiger partial charge in [-0.25, -0.2) is 0 Å². The number of hydrogen-bond acceptors (Lipinski definition) is 4. The van der Waals surface area contributed by atoms with Crippen molar-refractivity contribution in [1.29, 1.82) is 0 Å². The monoisotopic (exact) mass is 217 g/mol. The summed E-state index contributed by atoms with van der Waals surface area (Å²) in [6, 6.07) is 6.64. The van der Waals surface area contributed by atoms with Crippen molar-refractivity contribution in [2.45, 2.75) is 6.42 Å². The minimum atomic E-state index is -0.393. The van der Waals surface area contributed by atoms with E-state index in [0.29, 0.717) is 23.9 Å². The number of aromatic nitrogens is 1. The smallest absolute Gasteiger partial charge is 0.278 e. The second kappa shape index (κ2) is 4.24. The van der Waals surface area contributed by atoms with Gasteiger partial charge in [-0.15, -0.1) is 0 Å². The molecule has 16 heavy (non-hydrogen) atoms. The summed E-state index contributed by atoms with van der Waals surface area (Å²) in [4.78, 5) is 14.6. The summed E-state index contributed by atoms with van der Waals surface area (Å²) in [7, 11) is 0. The number of hydrogen-bond donors (Lipinski definition) is 1. The number of pyridine rings is 1. The summed E-state index contributed by atoms with van der Waals surface area (Å²) < 4.78 is 0. The maximum Gasteiger partial charge on any atom is 0.278 e. The first-order valence-electron chi connectivity index (χ1n) is 4.95. The molecule has 0 aliphatic heterocycles. The van der Waals surface area contributed by atoms with E-state index in [4.69, 9.17) is 5.73 Å². The van der Waals surface area contributed by atoms with Crippen LogP contribution in [0.15, 0.2) is 30.5 Å². The summed E-state index contributed by atoms with van der Waals surface area (Å²) in [5.41, 5.74) is 7.19. The van der Waals surface area contributed by atoms with E-state index in [0.717, 1.165) is 5.56 Å². The van der Waals surface area contributed by atoms with Crippen molar-refractivity contribution in [3.05, 3.63) is 46.1 Å². The molecular formula is C11H11N3O2. The fourth-order valence-electron chi connectivity index (χ4n) is 1.73. The van der Waals surface area contributed by atoms with Crippen molar-refractivity contribution >= 4 is 16.6 Å². The van der Waals surface area contributed by atoms with Gasteiger partial charge < -0.3 is 5.73 Å². The Morgan fingerprint density at radius 2 is 2.19 bits per heavy atom. The lowest BCUT2D eigenvalue weighted by Gasteiger charge is -2.04. The Morgan fingerprint density at radius 1 is 1.38 bits per heavy atom. The molecular weight excluding hydrogens is 206 g/mol. The molecule has 1 heterocycles. The van der Waals surface area contributed by atoms with Gasteiger partial charge in [0.05, 0.1) is 15.8 Å². The number of nitrogens with zero attached hydrogens (tertiary/aromatic N) is 2. The van der Waals surface area contributed by atoms with Crippen molar-refractivity contribution in [3.63, 3.8) is 0 Å². The average Bonchev–Trinajstić information content (AvgIpc) is 2.29. The van der Waals surface area contributed by atoms with Crippen LogP contribution in [0.25, 0.3) is 10.9 Å². The first kappa shape index (κ1) is 10.5. The molecule has 0 radical (unpaired) electrons. The molecule has 0 aliphatic rings. The third kappa shape index (κ3) is 1.72. The second-order valence-electron chi connectivity index (χ2n) is 3.44. The van der Waals surface area contributed by atoms with Crippen LogP contribution in [0.3, 0.4) is 0 Å². The Balaban J connectivity index is 2.71. The van der Waals surface area contributed by atoms with Crippen LogP contribution in [0.4, 0.5) is 5.69 Å². The molecule has 0 aliphatic carbocycles. The molecule has 0 bridgehead atoms. The predicted molar refractivity (Wildman–Crippen MR) is 61.2 cm³/mol. The van der Waals surface area contributed by atoms with E-state index in [1.54, 1.807) is 24.4 Å². The average molecular weight is 217 g/mol. The van der Waals surface area contributed by atoms with E-state index in [1.165, 1.54) is 6.07 Å². The lowest BCUT2D eigenvalue weighted by molar-refractivity contribution is -0.383. The highest BCUT2D eigenvalue weighted by molar-refractivity contribution is 5.90. The fourth-order valence-corrected chi connectivity index (χ4v) is 1.73. The van der Waals surface area contributed by atoms with Crippen molar-refractivity contribution in [3.8, 4) is 0 Å². The normalized spacial score (nSPS) is 10.6. The summed E-state index contributed by atoms with van der Waals surface area (Å²) in [5, 5.41) is 11.4. The zero-order valence-electron chi connectivity index (χ0n) is 8.59. The van der Waals surface area contributed by atoms with Crippen LogP contribution in [0.1, 0.15) is 5.56 Å². The Hall–Kier alpha value is -2.01. The molecule has 0 amide bonds. The van der Waals surface area contributed by atoms with Gasteiger partial charge in [-0.05, 0) is 36.7 Å². The van der Waals surface area contributed by atoms with Crippen LogP contribution in [0.2, 0.25) is 0 Å². The lowest BCUT2D eigenvalue weighted by Crippen LogP contribution is -2.04. The minimum absolute atomic E-state index is 0.0869. The van der Waals surface area contributed by atoms with Gasteiger partial charge in [-0.2, -0.15) is 0 Å². The third-order valence-electron chi connectivity index (χ3n) is 2.44. The van der Waals surface area contributed by atoms with Gasteiger partial charge in [-0.1, -0.05) is 0 Å². The number of fused-ring (bicyclic) bond motifs is 1. The third-order valence-corrected chi connectivity index (χ3v) is 2.44. The fraction of sp³-hybridized carbons (Fsp3) is 0.182. The Labute approximate surface area is 92.1 Å². The molecule has 1 aromatic heterocycles. The highest BCUT2D eigenvalue weighted by Gasteiger charge is 2.13. The molecule has 5 heteroatoms. The molecule has 0 saturated heterocycles. The largest absolute Gasteiger partial charge is 0.330 e. The van der Waals surface area contributed by atoms with Gasteiger partial charge >= 0.3 is 0 Å². The number of nitrogens with two attached hydrogens (primary N) is 1. The summed E-state index contributed by atoms with van der Waals surface area (Å²) in [5.74, 6) is 0. The number of non-ortho nitro benzene ring substituents is 1. The van der Waals surface area contributed by atoms with Gasteiger partial charge in [-0.3, -0.25) is 15.1 Å². The first-order valence-corrected chi connectivity index (χ1v) is 4.95. The van der Waals surface area contributed by atoms with Crippen LogP contribution in [-0.2, 0) is 6.42 Å². The molecule has 0 atom stereocenters. The maximum absolute atomic E-state index is 10.8. The molecule has 2 N–H and O–H groups in total. The highest BCUT2D eigenvalue weighted by atomic mass is 16.6. The molecule has 0 saturated carbocycles. The number of rotatable bonds is 3. The highest BCUT2D eigenvalue weighted by Crippen LogP contribution is 2.26. The molecule has 82 valence electrons. The van der Waals surface area contributed by atoms with Gasteiger partial charge in [0.1, 0.15) is 0 Å². The van der Waals surface area contributed by atoms with Crippen molar-refractivity contribution < 1.29 is 4.92 Å². The van der Waals surface area contributed by atoms with E-state index < -0.39 is 4.92 Å². The zero-order chi connectivity index (χ0) is 11.5. The Morgan fingerprint density at radius 3 is 2.88 bits per heavy atom. The van der Waals surface area contributed by atoms with Gasteiger partial charge in [0.2, 0.25) is 0 Å². The van der Waals surface area contributed by atoms with Crippen molar-refractivity contribution in [1.82, 2.24) is 4.98 Å². The van der Waals surface area contributed by atoms with E-state index in [9.17, 15) is 10.1 Å². The molecule has 0 spiro atoms. The van der Waals surface area contributed by atoms with Crippen LogP contribution in [0, 0.1) is 10.1 Å². The molecule has 0 fully saturated rings. The molecule has 0 unspecified atom stereocenters. The van der Waals surface area contributed by atoms with E-state index in [-0.39, 0.29) is 5.69 Å². The van der Waals surface area contributed by atoms with Gasteiger partial charge in [0.25, 0.3) is 5.69 Å². The maximum atomic E-state index is 10.8. The summed E-state index contributed by atoms with van der Waals surface area (Å²) >= 11 is 0. The van der Waals surface area contributed by atoms with E-state index in [2.05, 4.69) is 4.98 Å². The zero-order valence-corrected chi connectivity index (χ0v) is 8.59. The lowest BCUT2D eigenvalue weighted by atomic mass is 10.1. The van der Waals surface area contributed by atoms with Crippen molar-refractivity contribution in [2.75, 3.05) is 6.54 Å². The molecule has 1 aromatic carbocycles. The van der Waals surface area contributed by atoms with Crippen LogP contribution in [0.5, 0.6) is 0 Å².